The summed E-state index contributed by atoms with van der Waals surface area (Å²) in [6, 6.07) is 11.9. The molecule has 6 nitrogen and oxygen atoms in total. The van der Waals surface area contributed by atoms with Crippen LogP contribution in [0.4, 0.5) is 8.78 Å². The van der Waals surface area contributed by atoms with E-state index in [-0.39, 0.29) is 21.2 Å². The Hall–Kier alpha value is -3.04. The normalized spacial score (nSPS) is 10.8. The van der Waals surface area contributed by atoms with Crippen molar-refractivity contribution in [1.82, 2.24) is 5.32 Å². The summed E-state index contributed by atoms with van der Waals surface area (Å²) in [6.45, 7) is -3.68. The summed E-state index contributed by atoms with van der Waals surface area (Å²) in [5.74, 6) is -2.55. The third kappa shape index (κ3) is 5.07. The van der Waals surface area contributed by atoms with Gasteiger partial charge in [-0.2, -0.15) is 8.78 Å². The zero-order valence-corrected chi connectivity index (χ0v) is 16.1. The lowest BCUT2D eigenvalue weighted by Crippen LogP contribution is -2.34. The van der Waals surface area contributed by atoms with E-state index in [2.05, 4.69) is 4.74 Å². The fraction of sp³-hybridized carbons (Fsp3) is 0.105. The second kappa shape index (κ2) is 8.97. The van der Waals surface area contributed by atoms with Crippen LogP contribution in [-0.2, 0) is 9.53 Å². The molecule has 0 bridgehead atoms. The quantitative estimate of drug-likeness (QED) is 0.580. The second-order valence-corrected chi connectivity index (χ2v) is 7.03. The van der Waals surface area contributed by atoms with Crippen molar-refractivity contribution in [2.24, 2.45) is 0 Å². The number of esters is 1. The van der Waals surface area contributed by atoms with Crippen molar-refractivity contribution >= 4 is 50.8 Å². The van der Waals surface area contributed by atoms with E-state index in [1.165, 1.54) is 12.1 Å². The van der Waals surface area contributed by atoms with Crippen molar-refractivity contribution < 1.29 is 32.6 Å². The summed E-state index contributed by atoms with van der Waals surface area (Å²) in [4.78, 5) is 36.2. The van der Waals surface area contributed by atoms with E-state index in [1.807, 2.05) is 5.32 Å². The molecule has 0 spiro atoms. The van der Waals surface area contributed by atoms with Crippen molar-refractivity contribution in [2.45, 2.75) is 6.61 Å². The Morgan fingerprint density at radius 1 is 1.07 bits per heavy atom. The molecule has 0 saturated carbocycles. The molecule has 29 heavy (non-hydrogen) atoms. The topological polar surface area (TPSA) is 81.7 Å². The number of amides is 2. The van der Waals surface area contributed by atoms with Crippen LogP contribution in [0.25, 0.3) is 10.1 Å². The molecule has 1 heterocycles. The van der Waals surface area contributed by atoms with Gasteiger partial charge >= 0.3 is 12.6 Å². The molecule has 0 aliphatic carbocycles. The molecule has 0 radical (unpaired) electrons. The molecule has 1 aromatic heterocycles. The van der Waals surface area contributed by atoms with Crippen LogP contribution in [0.15, 0.2) is 48.5 Å². The van der Waals surface area contributed by atoms with Crippen molar-refractivity contribution in [3.63, 3.8) is 0 Å². The minimum absolute atomic E-state index is 0.0406. The number of carbonyl (C=O) groups excluding carboxylic acids is 3. The van der Waals surface area contributed by atoms with Crippen LogP contribution in [0.5, 0.6) is 5.75 Å². The minimum Gasteiger partial charge on any atom is -0.451 e. The van der Waals surface area contributed by atoms with Crippen molar-refractivity contribution in [3.05, 3.63) is 64.0 Å². The number of halogens is 3. The molecular weight excluding hydrogens is 428 g/mol. The van der Waals surface area contributed by atoms with E-state index in [4.69, 9.17) is 16.3 Å². The van der Waals surface area contributed by atoms with Crippen molar-refractivity contribution in [3.8, 4) is 5.75 Å². The highest BCUT2D eigenvalue weighted by atomic mass is 35.5. The van der Waals surface area contributed by atoms with Crippen LogP contribution in [0.1, 0.15) is 20.0 Å². The van der Waals surface area contributed by atoms with E-state index >= 15 is 0 Å². The first-order valence-electron chi connectivity index (χ1n) is 8.08. The maximum absolute atomic E-state index is 12.2. The van der Waals surface area contributed by atoms with Gasteiger partial charge in [-0.1, -0.05) is 29.8 Å². The van der Waals surface area contributed by atoms with Gasteiger partial charge in [-0.25, -0.2) is 4.79 Å². The summed E-state index contributed by atoms with van der Waals surface area (Å²) < 4.78 is 34.1. The Balaban J connectivity index is 1.55. The minimum atomic E-state index is -2.99. The number of hydrogen-bond donors (Lipinski definition) is 1. The van der Waals surface area contributed by atoms with E-state index < -0.39 is 31.0 Å². The van der Waals surface area contributed by atoms with Gasteiger partial charge in [0, 0.05) is 15.6 Å². The van der Waals surface area contributed by atoms with E-state index in [9.17, 15) is 23.2 Å². The van der Waals surface area contributed by atoms with Crippen LogP contribution in [-0.4, -0.2) is 31.0 Å². The Kier molecular flexibility index (Phi) is 6.40. The number of hydrogen-bond acceptors (Lipinski definition) is 6. The molecule has 0 aliphatic heterocycles. The van der Waals surface area contributed by atoms with Crippen LogP contribution in [0.3, 0.4) is 0 Å². The summed E-state index contributed by atoms with van der Waals surface area (Å²) in [5, 5.41) is 2.96. The first kappa shape index (κ1) is 20.7. The number of thiophene rings is 1. The molecule has 3 rings (SSSR count). The maximum atomic E-state index is 12.2. The molecule has 3 aromatic rings. The van der Waals surface area contributed by atoms with Crippen LogP contribution < -0.4 is 10.1 Å². The molecule has 0 fully saturated rings. The lowest BCUT2D eigenvalue weighted by Gasteiger charge is -2.07. The Morgan fingerprint density at radius 2 is 1.76 bits per heavy atom. The second-order valence-electron chi connectivity index (χ2n) is 5.60. The van der Waals surface area contributed by atoms with Gasteiger partial charge < -0.3 is 9.47 Å². The molecule has 0 saturated heterocycles. The smallest absolute Gasteiger partial charge is 0.387 e. The zero-order valence-electron chi connectivity index (χ0n) is 14.5. The average molecular weight is 440 g/mol. The molecule has 2 amide bonds. The van der Waals surface area contributed by atoms with Gasteiger partial charge in [0.2, 0.25) is 0 Å². The fourth-order valence-electron chi connectivity index (χ4n) is 2.36. The number of benzene rings is 2. The number of alkyl halides is 2. The summed E-state index contributed by atoms with van der Waals surface area (Å²) in [7, 11) is 0. The monoisotopic (exact) mass is 439 g/mol. The third-order valence-corrected chi connectivity index (χ3v) is 5.30. The predicted octanol–water partition coefficient (Wildman–Crippen LogP) is 4.27. The molecule has 0 atom stereocenters. The fourth-order valence-corrected chi connectivity index (χ4v) is 3.77. The lowest BCUT2D eigenvalue weighted by molar-refractivity contribution is -0.123. The van der Waals surface area contributed by atoms with Crippen molar-refractivity contribution in [1.29, 1.82) is 0 Å². The molecule has 1 N–H and O–H groups in total. The number of rotatable bonds is 6. The van der Waals surface area contributed by atoms with Gasteiger partial charge in [-0.15, -0.1) is 11.3 Å². The van der Waals surface area contributed by atoms with Gasteiger partial charge in [-0.05, 0) is 30.3 Å². The highest BCUT2D eigenvalue weighted by molar-refractivity contribution is 7.21. The molecular formula is C19H12ClF2NO5S. The van der Waals surface area contributed by atoms with E-state index in [0.29, 0.717) is 5.39 Å². The highest BCUT2D eigenvalue weighted by Crippen LogP contribution is 2.35. The number of ether oxygens (including phenoxy) is 2. The molecule has 0 aliphatic rings. The van der Waals surface area contributed by atoms with Gasteiger partial charge in [0.05, 0.1) is 5.02 Å². The van der Waals surface area contributed by atoms with Gasteiger partial charge in [-0.3, -0.25) is 14.9 Å². The molecule has 150 valence electrons. The zero-order chi connectivity index (χ0) is 21.0. The van der Waals surface area contributed by atoms with Gasteiger partial charge in [0.25, 0.3) is 11.8 Å². The Labute approximate surface area is 172 Å². The number of carbonyl (C=O) groups is 3. The molecule has 0 unspecified atom stereocenters. The molecule has 2 aromatic carbocycles. The van der Waals surface area contributed by atoms with E-state index in [1.54, 1.807) is 24.3 Å². The standard InChI is InChI=1S/C19H12ClF2NO5S/c20-15-12-3-1-2-4-13(12)29-16(15)18(26)27-9-14(24)23-17(25)10-5-7-11(8-6-10)28-19(21)22/h1-8,19H,9H2,(H,23,24,25). The van der Waals surface area contributed by atoms with Gasteiger partial charge in [0.1, 0.15) is 10.6 Å². The Morgan fingerprint density at radius 3 is 2.41 bits per heavy atom. The summed E-state index contributed by atoms with van der Waals surface area (Å²) >= 11 is 7.30. The van der Waals surface area contributed by atoms with Crippen LogP contribution in [0, 0.1) is 0 Å². The average Bonchev–Trinajstić information content (AvgIpc) is 3.03. The Bertz CT molecular complexity index is 1070. The maximum Gasteiger partial charge on any atom is 0.387 e. The van der Waals surface area contributed by atoms with Crippen LogP contribution in [0.2, 0.25) is 5.02 Å². The highest BCUT2D eigenvalue weighted by Gasteiger charge is 2.20. The SMILES string of the molecule is O=C(COC(=O)c1sc2ccccc2c1Cl)NC(=O)c1ccc(OC(F)F)cc1. The van der Waals surface area contributed by atoms with Crippen LogP contribution >= 0.6 is 22.9 Å². The summed E-state index contributed by atoms with van der Waals surface area (Å²) in [6.07, 6.45) is 0. The predicted molar refractivity (Wildman–Crippen MR) is 103 cm³/mol. The first-order chi connectivity index (χ1) is 13.8. The first-order valence-corrected chi connectivity index (χ1v) is 9.28. The number of fused-ring (bicyclic) bond motifs is 1. The lowest BCUT2D eigenvalue weighted by atomic mass is 10.2. The third-order valence-electron chi connectivity index (χ3n) is 3.65. The van der Waals surface area contributed by atoms with E-state index in [0.717, 1.165) is 28.2 Å². The van der Waals surface area contributed by atoms with Crippen molar-refractivity contribution in [2.75, 3.05) is 6.61 Å². The van der Waals surface area contributed by atoms with Gasteiger partial charge in [0.15, 0.2) is 6.61 Å². The number of nitrogens with one attached hydrogen (secondary N) is 1. The number of imide groups is 1. The summed E-state index contributed by atoms with van der Waals surface area (Å²) in [5.41, 5.74) is 0.0406. The largest absolute Gasteiger partial charge is 0.451 e. The molecule has 10 heteroatoms.